The summed E-state index contributed by atoms with van der Waals surface area (Å²) in [5.74, 6) is -1.55. The highest BCUT2D eigenvalue weighted by Crippen LogP contribution is 2.14. The lowest BCUT2D eigenvalue weighted by Crippen LogP contribution is -1.99. The molecule has 0 aliphatic heterocycles. The molecule has 0 aromatic carbocycles. The van der Waals surface area contributed by atoms with E-state index in [0.717, 1.165) is 12.3 Å². The molecule has 0 saturated carbocycles. The fourth-order valence-electron chi connectivity index (χ4n) is 0.655. The lowest BCUT2D eigenvalue weighted by Gasteiger charge is -1.95. The van der Waals surface area contributed by atoms with Gasteiger partial charge in [0.1, 0.15) is 11.8 Å². The summed E-state index contributed by atoms with van der Waals surface area (Å²) in [7, 11) is 0. The normalized spacial score (nSPS) is 8.92. The molecule has 12 heavy (non-hydrogen) atoms. The first-order valence-corrected chi connectivity index (χ1v) is 2.97. The van der Waals surface area contributed by atoms with Crippen molar-refractivity contribution in [3.05, 3.63) is 23.5 Å². The summed E-state index contributed by atoms with van der Waals surface area (Å²) < 4.78 is 0. The minimum Gasteiger partial charge on any atom is -0.505 e. The van der Waals surface area contributed by atoms with Crippen molar-refractivity contribution in [2.24, 2.45) is 0 Å². The van der Waals surface area contributed by atoms with E-state index in [0.29, 0.717) is 0 Å². The third-order valence-electron chi connectivity index (χ3n) is 1.22. The highest BCUT2D eigenvalue weighted by atomic mass is 16.4. The Morgan fingerprint density at radius 2 is 2.33 bits per heavy atom. The van der Waals surface area contributed by atoms with Crippen LogP contribution in [0.4, 0.5) is 0 Å². The SMILES string of the molecule is N#Cc1cc(C(=O)O)ncc1O. The largest absolute Gasteiger partial charge is 0.505 e. The van der Waals surface area contributed by atoms with Gasteiger partial charge in [-0.05, 0) is 6.07 Å². The molecule has 0 aliphatic rings. The van der Waals surface area contributed by atoms with E-state index in [4.69, 9.17) is 15.5 Å². The van der Waals surface area contributed by atoms with Gasteiger partial charge in [-0.25, -0.2) is 9.78 Å². The second-order valence-electron chi connectivity index (χ2n) is 2.00. The lowest BCUT2D eigenvalue weighted by atomic mass is 10.2. The highest BCUT2D eigenvalue weighted by Gasteiger charge is 2.08. The van der Waals surface area contributed by atoms with Gasteiger partial charge in [0.2, 0.25) is 0 Å². The predicted molar refractivity (Wildman–Crippen MR) is 37.6 cm³/mol. The molecule has 5 nitrogen and oxygen atoms in total. The number of hydrogen-bond donors (Lipinski definition) is 2. The van der Waals surface area contributed by atoms with Gasteiger partial charge in [0.15, 0.2) is 5.75 Å². The van der Waals surface area contributed by atoms with Crippen molar-refractivity contribution in [2.75, 3.05) is 0 Å². The van der Waals surface area contributed by atoms with Crippen molar-refractivity contribution in [1.82, 2.24) is 4.98 Å². The minimum absolute atomic E-state index is 0.0950. The number of carbonyl (C=O) groups is 1. The number of nitriles is 1. The van der Waals surface area contributed by atoms with Gasteiger partial charge in [-0.3, -0.25) is 0 Å². The first-order chi connectivity index (χ1) is 5.65. The van der Waals surface area contributed by atoms with Crippen LogP contribution in [0.1, 0.15) is 16.1 Å². The molecule has 0 atom stereocenters. The van der Waals surface area contributed by atoms with Crippen molar-refractivity contribution in [3.8, 4) is 11.8 Å². The van der Waals surface area contributed by atoms with Crippen molar-refractivity contribution in [1.29, 1.82) is 5.26 Å². The molecule has 0 amide bonds. The molecule has 2 N–H and O–H groups in total. The van der Waals surface area contributed by atoms with Crippen LogP contribution in [-0.2, 0) is 0 Å². The number of rotatable bonds is 1. The zero-order chi connectivity index (χ0) is 9.14. The molecule has 1 aromatic rings. The van der Waals surface area contributed by atoms with E-state index in [-0.39, 0.29) is 17.0 Å². The third-order valence-corrected chi connectivity index (χ3v) is 1.22. The fraction of sp³-hybridized carbons (Fsp3) is 0. The maximum absolute atomic E-state index is 10.3. The van der Waals surface area contributed by atoms with Gasteiger partial charge in [-0.2, -0.15) is 5.26 Å². The molecule has 1 heterocycles. The molecule has 0 saturated heterocycles. The monoisotopic (exact) mass is 164 g/mol. The van der Waals surface area contributed by atoms with Gasteiger partial charge >= 0.3 is 5.97 Å². The molecule has 0 radical (unpaired) electrons. The maximum atomic E-state index is 10.3. The zero-order valence-corrected chi connectivity index (χ0v) is 5.85. The molecule has 0 spiro atoms. The van der Waals surface area contributed by atoms with Crippen LogP contribution in [0.5, 0.6) is 5.75 Å². The van der Waals surface area contributed by atoms with Crippen LogP contribution in [0.25, 0.3) is 0 Å². The van der Waals surface area contributed by atoms with Gasteiger partial charge in [-0.1, -0.05) is 0 Å². The molecular formula is C7H4N2O3. The second kappa shape index (κ2) is 2.88. The number of aromatic hydroxyl groups is 1. The Labute approximate surface area is 67.5 Å². The summed E-state index contributed by atoms with van der Waals surface area (Å²) in [6, 6.07) is 2.65. The summed E-state index contributed by atoms with van der Waals surface area (Å²) in [5, 5.41) is 25.8. The molecule has 1 rings (SSSR count). The van der Waals surface area contributed by atoms with Crippen molar-refractivity contribution >= 4 is 5.97 Å². The molecule has 0 unspecified atom stereocenters. The number of carboxylic acids is 1. The smallest absolute Gasteiger partial charge is 0.354 e. The third kappa shape index (κ3) is 1.32. The molecular weight excluding hydrogens is 160 g/mol. The molecule has 60 valence electrons. The van der Waals surface area contributed by atoms with Crippen LogP contribution >= 0.6 is 0 Å². The van der Waals surface area contributed by atoms with Gasteiger partial charge in [0.05, 0.1) is 11.8 Å². The van der Waals surface area contributed by atoms with Gasteiger partial charge in [-0.15, -0.1) is 0 Å². The Balaban J connectivity index is 3.25. The van der Waals surface area contributed by atoms with Crippen molar-refractivity contribution < 1.29 is 15.0 Å². The van der Waals surface area contributed by atoms with E-state index < -0.39 is 5.97 Å². The standard InChI is InChI=1S/C7H4N2O3/c8-2-4-1-5(7(11)12)9-3-6(4)10/h1,3,10H,(H,11,12). The van der Waals surface area contributed by atoms with Gasteiger partial charge < -0.3 is 10.2 Å². The van der Waals surface area contributed by atoms with E-state index in [9.17, 15) is 4.79 Å². The Morgan fingerprint density at radius 3 is 2.83 bits per heavy atom. The summed E-state index contributed by atoms with van der Waals surface area (Å²) in [5.41, 5.74) is -0.355. The quantitative estimate of drug-likeness (QED) is 0.624. The van der Waals surface area contributed by atoms with E-state index >= 15 is 0 Å². The molecule has 0 aliphatic carbocycles. The van der Waals surface area contributed by atoms with E-state index in [2.05, 4.69) is 4.98 Å². The number of aromatic carboxylic acids is 1. The summed E-state index contributed by atoms with van der Waals surface area (Å²) >= 11 is 0. The topological polar surface area (TPSA) is 94.2 Å². The predicted octanol–water partition coefficient (Wildman–Crippen LogP) is 0.357. The van der Waals surface area contributed by atoms with Crippen molar-refractivity contribution in [2.45, 2.75) is 0 Å². The Hall–Kier alpha value is -2.09. The first kappa shape index (κ1) is 8.01. The minimum atomic E-state index is -1.23. The van der Waals surface area contributed by atoms with Gasteiger partial charge in [0.25, 0.3) is 0 Å². The summed E-state index contributed by atoms with van der Waals surface area (Å²) in [6.45, 7) is 0. The number of hydrogen-bond acceptors (Lipinski definition) is 4. The molecule has 0 fully saturated rings. The number of carboxylic acid groups (broad SMARTS) is 1. The average Bonchev–Trinajstić information content (AvgIpc) is 2.05. The van der Waals surface area contributed by atoms with E-state index in [1.54, 1.807) is 6.07 Å². The first-order valence-electron chi connectivity index (χ1n) is 2.97. The average molecular weight is 164 g/mol. The maximum Gasteiger partial charge on any atom is 0.354 e. The Bertz CT molecular complexity index is 367. The van der Waals surface area contributed by atoms with Gasteiger partial charge in [0, 0.05) is 0 Å². The summed E-state index contributed by atoms with van der Waals surface area (Å²) in [6.07, 6.45) is 0.933. The van der Waals surface area contributed by atoms with E-state index in [1.165, 1.54) is 0 Å². The van der Waals surface area contributed by atoms with Crippen LogP contribution in [0.15, 0.2) is 12.3 Å². The lowest BCUT2D eigenvalue weighted by molar-refractivity contribution is 0.0690. The number of pyridine rings is 1. The molecule has 1 aromatic heterocycles. The van der Waals surface area contributed by atoms with Crippen molar-refractivity contribution in [3.63, 3.8) is 0 Å². The van der Waals surface area contributed by atoms with E-state index in [1.807, 2.05) is 0 Å². The fourth-order valence-corrected chi connectivity index (χ4v) is 0.655. The van der Waals surface area contributed by atoms with Crippen LogP contribution in [0.2, 0.25) is 0 Å². The summed E-state index contributed by atoms with van der Waals surface area (Å²) in [4.78, 5) is 13.7. The molecule has 5 heteroatoms. The molecule has 0 bridgehead atoms. The van der Waals surface area contributed by atoms with Crippen LogP contribution in [0.3, 0.4) is 0 Å². The number of nitrogens with zero attached hydrogens (tertiary/aromatic N) is 2. The Kier molecular flexibility index (Phi) is 1.92. The second-order valence-corrected chi connectivity index (χ2v) is 2.00. The zero-order valence-electron chi connectivity index (χ0n) is 5.85. The van der Waals surface area contributed by atoms with Crippen LogP contribution < -0.4 is 0 Å². The Morgan fingerprint density at radius 1 is 1.67 bits per heavy atom. The highest BCUT2D eigenvalue weighted by molar-refractivity contribution is 5.85. The van der Waals surface area contributed by atoms with Crippen LogP contribution in [0, 0.1) is 11.3 Å². The number of aromatic nitrogens is 1. The van der Waals surface area contributed by atoms with Crippen LogP contribution in [-0.4, -0.2) is 21.2 Å².